The number of aromatic hydroxyl groups is 1. The topological polar surface area (TPSA) is 156 Å². The van der Waals surface area contributed by atoms with E-state index in [1.165, 1.54) is 28.9 Å². The highest BCUT2D eigenvalue weighted by Crippen LogP contribution is 2.25. The maximum Gasteiger partial charge on any atom is 0.326 e. The van der Waals surface area contributed by atoms with Crippen LogP contribution in [0.4, 0.5) is 0 Å². The highest BCUT2D eigenvalue weighted by Gasteiger charge is 2.42. The number of nitrogens with zero attached hydrogens (tertiary/aromatic N) is 2. The molecule has 4 N–H and O–H groups in total. The molecule has 0 radical (unpaired) electrons. The van der Waals surface area contributed by atoms with Crippen molar-refractivity contribution in [2.45, 2.75) is 83.5 Å². The normalized spacial score (nSPS) is 20.7. The second kappa shape index (κ2) is 12.7. The van der Waals surface area contributed by atoms with Crippen LogP contribution in [-0.4, -0.2) is 86.9 Å². The summed E-state index contributed by atoms with van der Waals surface area (Å²) in [6.07, 6.45) is 2.58. The molecule has 0 unspecified atom stereocenters. The zero-order valence-corrected chi connectivity index (χ0v) is 22.2. The van der Waals surface area contributed by atoms with Crippen molar-refractivity contribution >= 4 is 29.6 Å². The Labute approximate surface area is 222 Å². The number of carboxylic acid groups (broad SMARTS) is 1. The molecule has 4 atom stereocenters. The first-order valence-corrected chi connectivity index (χ1v) is 13.2. The number of carbonyl (C=O) groups excluding carboxylic acids is 4. The summed E-state index contributed by atoms with van der Waals surface area (Å²) in [5.41, 5.74) is 0.654. The molecule has 1 aromatic rings. The van der Waals surface area contributed by atoms with Crippen LogP contribution in [0.3, 0.4) is 0 Å². The molecule has 0 aliphatic carbocycles. The highest BCUT2D eigenvalue weighted by molar-refractivity contribution is 5.95. The van der Waals surface area contributed by atoms with Crippen molar-refractivity contribution < 1.29 is 34.2 Å². The quantitative estimate of drug-likeness (QED) is 0.352. The summed E-state index contributed by atoms with van der Waals surface area (Å²) >= 11 is 0. The van der Waals surface area contributed by atoms with Crippen molar-refractivity contribution in [2.75, 3.05) is 13.1 Å². The summed E-state index contributed by atoms with van der Waals surface area (Å²) in [5.74, 6) is -2.69. The average molecular weight is 531 g/mol. The molecule has 2 aliphatic heterocycles. The van der Waals surface area contributed by atoms with E-state index in [9.17, 15) is 34.2 Å². The number of carbonyl (C=O) groups is 5. The van der Waals surface area contributed by atoms with E-state index in [2.05, 4.69) is 10.6 Å². The van der Waals surface area contributed by atoms with Crippen LogP contribution >= 0.6 is 0 Å². The Balaban J connectivity index is 1.77. The fourth-order valence-corrected chi connectivity index (χ4v) is 5.20. The third-order valence-corrected chi connectivity index (χ3v) is 7.11. The molecule has 11 nitrogen and oxygen atoms in total. The molecule has 1 aromatic carbocycles. The maximum absolute atomic E-state index is 13.4. The largest absolute Gasteiger partial charge is 0.508 e. The summed E-state index contributed by atoms with van der Waals surface area (Å²) in [7, 11) is 0. The lowest BCUT2D eigenvalue weighted by atomic mass is 10.0. The number of hydrogen-bond donors (Lipinski definition) is 4. The summed E-state index contributed by atoms with van der Waals surface area (Å²) in [5, 5.41) is 24.5. The summed E-state index contributed by atoms with van der Waals surface area (Å²) in [6, 6.07) is 2.56. The molecule has 2 heterocycles. The molecule has 0 saturated carbocycles. The minimum absolute atomic E-state index is 0.0183. The lowest BCUT2D eigenvalue weighted by Crippen LogP contribution is -2.57. The number of hydrogen-bond acceptors (Lipinski definition) is 6. The van der Waals surface area contributed by atoms with Crippen LogP contribution in [0.1, 0.15) is 58.4 Å². The Hall–Kier alpha value is -3.63. The third-order valence-electron chi connectivity index (χ3n) is 7.11. The van der Waals surface area contributed by atoms with E-state index >= 15 is 0 Å². The molecular formula is C27H38N4O7. The van der Waals surface area contributed by atoms with E-state index < -0.39 is 42.0 Å². The van der Waals surface area contributed by atoms with E-state index in [0.29, 0.717) is 37.9 Å². The molecule has 208 valence electrons. The minimum atomic E-state index is -1.17. The molecule has 0 aromatic heterocycles. The number of rotatable bonds is 10. The molecule has 38 heavy (non-hydrogen) atoms. The summed E-state index contributed by atoms with van der Waals surface area (Å²) in [6.45, 7) is 6.01. The van der Waals surface area contributed by atoms with Crippen LogP contribution in [-0.2, 0) is 30.4 Å². The van der Waals surface area contributed by atoms with Crippen LogP contribution in [0.25, 0.3) is 0 Å². The smallest absolute Gasteiger partial charge is 0.326 e. The summed E-state index contributed by atoms with van der Waals surface area (Å²) in [4.78, 5) is 66.7. The molecule has 4 amide bonds. The van der Waals surface area contributed by atoms with Gasteiger partial charge in [0.25, 0.3) is 0 Å². The van der Waals surface area contributed by atoms with Crippen molar-refractivity contribution in [3.05, 3.63) is 29.8 Å². The number of nitrogens with one attached hydrogen (secondary N) is 2. The maximum atomic E-state index is 13.4. The minimum Gasteiger partial charge on any atom is -0.508 e. The van der Waals surface area contributed by atoms with Gasteiger partial charge in [0.1, 0.15) is 29.9 Å². The van der Waals surface area contributed by atoms with E-state index in [-0.39, 0.29) is 36.3 Å². The Bertz CT molecular complexity index is 1040. The SMILES string of the molecule is CC(=O)N1CCC[C@H]1C(=O)N1CCC[C@H]1C(=O)N[C@@H](Cc1ccc(O)cc1)C(=O)N[C@@H](CC(C)C)C(=O)O. The van der Waals surface area contributed by atoms with Gasteiger partial charge in [0.15, 0.2) is 0 Å². The molecular weight excluding hydrogens is 492 g/mol. The molecule has 0 bridgehead atoms. The van der Waals surface area contributed by atoms with Gasteiger partial charge < -0.3 is 30.6 Å². The molecule has 3 rings (SSSR count). The van der Waals surface area contributed by atoms with Crippen molar-refractivity contribution in [2.24, 2.45) is 5.92 Å². The van der Waals surface area contributed by atoms with E-state index in [1.54, 1.807) is 12.1 Å². The van der Waals surface area contributed by atoms with Crippen LogP contribution in [0.2, 0.25) is 0 Å². The monoisotopic (exact) mass is 530 g/mol. The number of aliphatic carboxylic acids is 1. The van der Waals surface area contributed by atoms with E-state index in [1.807, 2.05) is 13.8 Å². The van der Waals surface area contributed by atoms with Gasteiger partial charge in [-0.3, -0.25) is 19.2 Å². The predicted octanol–water partition coefficient (Wildman–Crippen LogP) is 1.04. The van der Waals surface area contributed by atoms with Crippen LogP contribution in [0.5, 0.6) is 5.75 Å². The van der Waals surface area contributed by atoms with Gasteiger partial charge >= 0.3 is 5.97 Å². The number of likely N-dealkylation sites (tertiary alicyclic amines) is 2. The zero-order valence-electron chi connectivity index (χ0n) is 22.2. The van der Waals surface area contributed by atoms with E-state index in [0.717, 1.165) is 6.42 Å². The van der Waals surface area contributed by atoms with Crippen molar-refractivity contribution in [1.82, 2.24) is 20.4 Å². The van der Waals surface area contributed by atoms with Gasteiger partial charge in [-0.2, -0.15) is 0 Å². The van der Waals surface area contributed by atoms with Gasteiger partial charge in [-0.15, -0.1) is 0 Å². The fraction of sp³-hybridized carbons (Fsp3) is 0.593. The Morgan fingerprint density at radius 2 is 1.53 bits per heavy atom. The first kappa shape index (κ1) is 28.9. The lowest BCUT2D eigenvalue weighted by Gasteiger charge is -2.31. The van der Waals surface area contributed by atoms with Gasteiger partial charge in [-0.05, 0) is 55.7 Å². The highest BCUT2D eigenvalue weighted by atomic mass is 16.4. The van der Waals surface area contributed by atoms with Gasteiger partial charge in [0.05, 0.1) is 0 Å². The number of benzene rings is 1. The fourth-order valence-electron chi connectivity index (χ4n) is 5.20. The lowest BCUT2D eigenvalue weighted by molar-refractivity contribution is -0.146. The third kappa shape index (κ3) is 7.23. The van der Waals surface area contributed by atoms with Crippen LogP contribution in [0, 0.1) is 5.92 Å². The van der Waals surface area contributed by atoms with E-state index in [4.69, 9.17) is 0 Å². The van der Waals surface area contributed by atoms with Crippen LogP contribution < -0.4 is 10.6 Å². The number of carboxylic acids is 1. The second-order valence-electron chi connectivity index (χ2n) is 10.5. The molecule has 0 spiro atoms. The Kier molecular flexibility index (Phi) is 9.71. The molecule has 11 heteroatoms. The number of phenolic OH excluding ortho intramolecular Hbond substituents is 1. The number of phenols is 1. The molecule has 2 fully saturated rings. The zero-order chi connectivity index (χ0) is 28.0. The number of amides is 4. The standard InChI is InChI=1S/C27H38N4O7/c1-16(2)14-21(27(37)38)29-24(34)20(15-18-8-10-19(33)11-9-18)28-25(35)22-6-4-13-31(22)26(36)23-7-5-12-30(23)17(3)32/h8-11,16,20-23,33H,4-7,12-15H2,1-3H3,(H,28,35)(H,29,34)(H,37,38)/t20-,21-,22-,23-/m0/s1. The van der Waals surface area contributed by atoms with Gasteiger partial charge in [0, 0.05) is 26.4 Å². The van der Waals surface area contributed by atoms with Crippen LogP contribution in [0.15, 0.2) is 24.3 Å². The predicted molar refractivity (Wildman–Crippen MR) is 138 cm³/mol. The van der Waals surface area contributed by atoms with Gasteiger partial charge in [0.2, 0.25) is 23.6 Å². The second-order valence-corrected chi connectivity index (χ2v) is 10.5. The van der Waals surface area contributed by atoms with Gasteiger partial charge in [-0.1, -0.05) is 26.0 Å². The summed E-state index contributed by atoms with van der Waals surface area (Å²) < 4.78 is 0. The van der Waals surface area contributed by atoms with Crippen molar-refractivity contribution in [3.63, 3.8) is 0 Å². The van der Waals surface area contributed by atoms with Gasteiger partial charge in [-0.25, -0.2) is 4.79 Å². The first-order valence-electron chi connectivity index (χ1n) is 13.2. The molecule has 2 aliphatic rings. The molecule has 2 saturated heterocycles. The Morgan fingerprint density at radius 1 is 0.921 bits per heavy atom. The average Bonchev–Trinajstić information content (AvgIpc) is 3.54. The Morgan fingerprint density at radius 3 is 2.11 bits per heavy atom. The van der Waals surface area contributed by atoms with Crippen molar-refractivity contribution in [3.8, 4) is 5.75 Å². The van der Waals surface area contributed by atoms with Crippen molar-refractivity contribution in [1.29, 1.82) is 0 Å². The first-order chi connectivity index (χ1) is 18.0.